The van der Waals surface area contributed by atoms with Gasteiger partial charge in [-0.1, -0.05) is 0 Å². The maximum atomic E-state index is 11.7. The maximum Gasteiger partial charge on any atom is 0.222 e. The van der Waals surface area contributed by atoms with E-state index in [1.807, 2.05) is 0 Å². The number of carbonyl (C=O) groups is 2. The molecule has 0 aromatic rings. The second-order valence-corrected chi connectivity index (χ2v) is 4.11. The van der Waals surface area contributed by atoms with Crippen LogP contribution in [0.4, 0.5) is 0 Å². The lowest BCUT2D eigenvalue weighted by Crippen LogP contribution is -2.35. The molecule has 0 radical (unpaired) electrons. The van der Waals surface area contributed by atoms with Crippen LogP contribution in [0.3, 0.4) is 0 Å². The third-order valence-corrected chi connectivity index (χ3v) is 2.57. The molecule has 0 fully saturated rings. The SMILES string of the molecule is O=C(CCCCC(=O)N(CCO)CCO)NCCO. The minimum atomic E-state index is -0.135. The van der Waals surface area contributed by atoms with Gasteiger partial charge in [0.1, 0.15) is 0 Å². The molecule has 0 unspecified atom stereocenters. The van der Waals surface area contributed by atoms with Gasteiger partial charge in [-0.3, -0.25) is 9.59 Å². The monoisotopic (exact) mass is 276 g/mol. The zero-order chi connectivity index (χ0) is 14.5. The number of carbonyl (C=O) groups excluding carboxylic acids is 2. The third kappa shape index (κ3) is 9.40. The Morgan fingerprint density at radius 1 is 0.895 bits per heavy atom. The van der Waals surface area contributed by atoms with Crippen LogP contribution in [0.15, 0.2) is 0 Å². The van der Waals surface area contributed by atoms with Gasteiger partial charge in [0.15, 0.2) is 0 Å². The topological polar surface area (TPSA) is 110 Å². The van der Waals surface area contributed by atoms with Crippen LogP contribution in [-0.2, 0) is 9.59 Å². The summed E-state index contributed by atoms with van der Waals surface area (Å²) in [6, 6.07) is 0. The van der Waals surface area contributed by atoms with Crippen LogP contribution in [0.2, 0.25) is 0 Å². The Morgan fingerprint density at radius 3 is 2.00 bits per heavy atom. The highest BCUT2D eigenvalue weighted by atomic mass is 16.3. The molecule has 0 bridgehead atoms. The van der Waals surface area contributed by atoms with E-state index < -0.39 is 0 Å². The number of nitrogens with zero attached hydrogens (tertiary/aromatic N) is 1. The number of unbranched alkanes of at least 4 members (excludes halogenated alkanes) is 1. The zero-order valence-corrected chi connectivity index (χ0v) is 11.2. The van der Waals surface area contributed by atoms with E-state index in [2.05, 4.69) is 5.32 Å². The Bertz CT molecular complexity index is 255. The van der Waals surface area contributed by atoms with Gasteiger partial charge in [0.2, 0.25) is 11.8 Å². The molecule has 0 saturated heterocycles. The fourth-order valence-electron chi connectivity index (χ4n) is 1.61. The maximum absolute atomic E-state index is 11.7. The molecule has 0 spiro atoms. The van der Waals surface area contributed by atoms with Crippen LogP contribution in [0.25, 0.3) is 0 Å². The number of rotatable bonds is 11. The predicted octanol–water partition coefficient (Wildman–Crippen LogP) is -1.53. The smallest absolute Gasteiger partial charge is 0.222 e. The van der Waals surface area contributed by atoms with Crippen molar-refractivity contribution in [3.8, 4) is 0 Å². The van der Waals surface area contributed by atoms with Crippen molar-refractivity contribution in [3.63, 3.8) is 0 Å². The normalized spacial score (nSPS) is 10.3. The lowest BCUT2D eigenvalue weighted by Gasteiger charge is -2.20. The highest BCUT2D eigenvalue weighted by molar-refractivity contribution is 5.77. The minimum absolute atomic E-state index is 0.0818. The molecule has 0 saturated carbocycles. The summed E-state index contributed by atoms with van der Waals surface area (Å²) in [4.78, 5) is 24.3. The van der Waals surface area contributed by atoms with Crippen LogP contribution in [0.5, 0.6) is 0 Å². The number of hydrogen-bond acceptors (Lipinski definition) is 5. The molecule has 2 amide bonds. The van der Waals surface area contributed by atoms with Gasteiger partial charge in [0.25, 0.3) is 0 Å². The van der Waals surface area contributed by atoms with Crippen molar-refractivity contribution < 1.29 is 24.9 Å². The molecule has 0 rings (SSSR count). The first-order chi connectivity index (χ1) is 9.15. The van der Waals surface area contributed by atoms with Crippen molar-refractivity contribution in [2.24, 2.45) is 0 Å². The zero-order valence-electron chi connectivity index (χ0n) is 11.2. The highest BCUT2D eigenvalue weighted by Crippen LogP contribution is 2.03. The van der Waals surface area contributed by atoms with Gasteiger partial charge in [-0.2, -0.15) is 0 Å². The summed E-state index contributed by atoms with van der Waals surface area (Å²) >= 11 is 0. The molecule has 0 aliphatic rings. The van der Waals surface area contributed by atoms with Gasteiger partial charge in [-0.15, -0.1) is 0 Å². The Labute approximate surface area is 113 Å². The summed E-state index contributed by atoms with van der Waals surface area (Å²) in [5.74, 6) is -0.261. The Kier molecular flexibility index (Phi) is 11.1. The van der Waals surface area contributed by atoms with Crippen LogP contribution in [-0.4, -0.2) is 71.5 Å². The summed E-state index contributed by atoms with van der Waals surface area (Å²) in [6.45, 7) is 0.345. The highest BCUT2D eigenvalue weighted by Gasteiger charge is 2.12. The first-order valence-electron chi connectivity index (χ1n) is 6.52. The largest absolute Gasteiger partial charge is 0.395 e. The van der Waals surface area contributed by atoms with Gasteiger partial charge < -0.3 is 25.5 Å². The summed E-state index contributed by atoms with van der Waals surface area (Å²) in [5, 5.41) is 28.6. The van der Waals surface area contributed by atoms with E-state index in [1.165, 1.54) is 4.90 Å². The number of hydrogen-bond donors (Lipinski definition) is 4. The van der Waals surface area contributed by atoms with E-state index in [-0.39, 0.29) is 51.3 Å². The van der Waals surface area contributed by atoms with E-state index in [1.54, 1.807) is 0 Å². The lowest BCUT2D eigenvalue weighted by atomic mass is 10.1. The molecule has 0 aromatic carbocycles. The third-order valence-electron chi connectivity index (χ3n) is 2.57. The minimum Gasteiger partial charge on any atom is -0.395 e. The van der Waals surface area contributed by atoms with Crippen molar-refractivity contribution in [2.45, 2.75) is 25.7 Å². The van der Waals surface area contributed by atoms with Crippen molar-refractivity contribution in [3.05, 3.63) is 0 Å². The Balaban J connectivity index is 3.73. The average Bonchev–Trinajstić information content (AvgIpc) is 2.40. The summed E-state index contributed by atoms with van der Waals surface area (Å²) in [5.41, 5.74) is 0. The van der Waals surface area contributed by atoms with Crippen molar-refractivity contribution in [1.82, 2.24) is 10.2 Å². The first-order valence-corrected chi connectivity index (χ1v) is 6.52. The van der Waals surface area contributed by atoms with Crippen molar-refractivity contribution in [1.29, 1.82) is 0 Å². The van der Waals surface area contributed by atoms with Crippen LogP contribution < -0.4 is 5.32 Å². The molecule has 0 aliphatic carbocycles. The van der Waals surface area contributed by atoms with Crippen LogP contribution >= 0.6 is 0 Å². The second kappa shape index (κ2) is 11.9. The predicted molar refractivity (Wildman–Crippen MR) is 69.3 cm³/mol. The van der Waals surface area contributed by atoms with Gasteiger partial charge in [0.05, 0.1) is 19.8 Å². The summed E-state index contributed by atoms with van der Waals surface area (Å²) in [7, 11) is 0. The molecule has 7 heteroatoms. The van der Waals surface area contributed by atoms with Gasteiger partial charge in [0, 0.05) is 32.5 Å². The summed E-state index contributed by atoms with van der Waals surface area (Å²) < 4.78 is 0. The second-order valence-electron chi connectivity index (χ2n) is 4.11. The molecule has 19 heavy (non-hydrogen) atoms. The Hall–Kier alpha value is -1.18. The molecule has 0 heterocycles. The number of nitrogens with one attached hydrogen (secondary N) is 1. The van der Waals surface area contributed by atoms with Gasteiger partial charge >= 0.3 is 0 Å². The van der Waals surface area contributed by atoms with Gasteiger partial charge in [-0.05, 0) is 12.8 Å². The molecule has 112 valence electrons. The molecule has 0 aromatic heterocycles. The van der Waals surface area contributed by atoms with E-state index in [0.29, 0.717) is 25.7 Å². The first kappa shape index (κ1) is 17.8. The Morgan fingerprint density at radius 2 is 1.47 bits per heavy atom. The molecular weight excluding hydrogens is 252 g/mol. The molecular formula is C12H24N2O5. The van der Waals surface area contributed by atoms with E-state index >= 15 is 0 Å². The van der Waals surface area contributed by atoms with Crippen molar-refractivity contribution in [2.75, 3.05) is 39.5 Å². The van der Waals surface area contributed by atoms with E-state index in [0.717, 1.165) is 0 Å². The fourth-order valence-corrected chi connectivity index (χ4v) is 1.61. The number of amides is 2. The summed E-state index contributed by atoms with van der Waals surface area (Å²) in [6.07, 6.45) is 1.80. The molecule has 4 N–H and O–H groups in total. The molecule has 0 aliphatic heterocycles. The van der Waals surface area contributed by atoms with E-state index in [4.69, 9.17) is 15.3 Å². The van der Waals surface area contributed by atoms with E-state index in [9.17, 15) is 9.59 Å². The lowest BCUT2D eigenvalue weighted by molar-refractivity contribution is -0.132. The quantitative estimate of drug-likeness (QED) is 0.342. The van der Waals surface area contributed by atoms with Crippen LogP contribution in [0.1, 0.15) is 25.7 Å². The van der Waals surface area contributed by atoms with Gasteiger partial charge in [-0.25, -0.2) is 0 Å². The number of aliphatic hydroxyl groups is 3. The standard InChI is InChI=1S/C12H24N2O5/c15-8-5-13-11(18)3-1-2-4-12(19)14(6-9-16)7-10-17/h15-17H,1-10H2,(H,13,18). The van der Waals surface area contributed by atoms with Crippen LogP contribution in [0, 0.1) is 0 Å². The fraction of sp³-hybridized carbons (Fsp3) is 0.833. The molecule has 0 atom stereocenters. The molecule has 7 nitrogen and oxygen atoms in total. The average molecular weight is 276 g/mol. The number of aliphatic hydroxyl groups excluding tert-OH is 3. The van der Waals surface area contributed by atoms with Crippen molar-refractivity contribution >= 4 is 11.8 Å².